The number of benzene rings is 1. The van der Waals surface area contributed by atoms with Gasteiger partial charge in [-0.2, -0.15) is 0 Å². The minimum atomic E-state index is -0.0552. The van der Waals surface area contributed by atoms with Crippen molar-refractivity contribution >= 4 is 11.8 Å². The van der Waals surface area contributed by atoms with Crippen molar-refractivity contribution in [1.82, 2.24) is 16.0 Å². The van der Waals surface area contributed by atoms with Crippen molar-refractivity contribution in [2.75, 3.05) is 13.1 Å². The lowest BCUT2D eigenvalue weighted by Crippen LogP contribution is -2.52. The van der Waals surface area contributed by atoms with E-state index in [2.05, 4.69) is 16.0 Å². The lowest BCUT2D eigenvalue weighted by Gasteiger charge is -2.27. The fourth-order valence-corrected chi connectivity index (χ4v) is 2.38. The Morgan fingerprint density at radius 1 is 1.14 bits per heavy atom. The van der Waals surface area contributed by atoms with Crippen LogP contribution in [0, 0.1) is 5.92 Å². The lowest BCUT2D eigenvalue weighted by atomic mass is 10.0. The van der Waals surface area contributed by atoms with Crippen LogP contribution in [0.25, 0.3) is 0 Å². The molecule has 120 valence electrons. The molecule has 1 atom stereocenters. The summed E-state index contributed by atoms with van der Waals surface area (Å²) in [5.41, 5.74) is 1.77. The highest BCUT2D eigenvalue weighted by Crippen LogP contribution is 2.09. The van der Waals surface area contributed by atoms with Crippen LogP contribution in [0.15, 0.2) is 24.3 Å². The minimum absolute atomic E-state index is 0.0552. The molecule has 1 fully saturated rings. The fourth-order valence-electron chi connectivity index (χ4n) is 2.38. The predicted molar refractivity (Wildman–Crippen MR) is 86.7 cm³/mol. The van der Waals surface area contributed by atoms with Gasteiger partial charge in [0.2, 0.25) is 5.91 Å². The molecule has 5 nitrogen and oxygen atoms in total. The first-order valence-corrected chi connectivity index (χ1v) is 7.86. The van der Waals surface area contributed by atoms with Crippen molar-refractivity contribution in [2.45, 2.75) is 39.3 Å². The maximum Gasteiger partial charge on any atom is 0.251 e. The molecule has 1 aromatic rings. The highest BCUT2D eigenvalue weighted by Gasteiger charge is 2.25. The first-order chi connectivity index (χ1) is 10.5. The molecule has 1 aliphatic rings. The number of nitrogens with one attached hydrogen (secondary N) is 3. The minimum Gasteiger partial charge on any atom is -0.353 e. The third-order valence-electron chi connectivity index (χ3n) is 3.72. The van der Waals surface area contributed by atoms with Crippen LogP contribution in [0.3, 0.4) is 0 Å². The molecule has 1 aliphatic heterocycles. The molecule has 0 aromatic heterocycles. The van der Waals surface area contributed by atoms with E-state index >= 15 is 0 Å². The van der Waals surface area contributed by atoms with E-state index in [1.807, 2.05) is 45.0 Å². The van der Waals surface area contributed by atoms with Gasteiger partial charge in [0.25, 0.3) is 5.91 Å². The van der Waals surface area contributed by atoms with Crippen molar-refractivity contribution in [2.24, 2.45) is 5.92 Å². The number of carbonyl (C=O) groups excluding carboxylic acids is 2. The van der Waals surface area contributed by atoms with E-state index in [0.29, 0.717) is 5.56 Å². The Kier molecular flexibility index (Phi) is 5.55. The summed E-state index contributed by atoms with van der Waals surface area (Å²) in [7, 11) is 0. The molecule has 0 bridgehead atoms. The molecule has 1 saturated heterocycles. The second-order valence-corrected chi connectivity index (χ2v) is 6.29. The van der Waals surface area contributed by atoms with Gasteiger partial charge < -0.3 is 16.0 Å². The summed E-state index contributed by atoms with van der Waals surface area (Å²) in [6, 6.07) is 7.77. The topological polar surface area (TPSA) is 70.2 Å². The quantitative estimate of drug-likeness (QED) is 0.737. The molecule has 2 amide bonds. The molecule has 0 aliphatic carbocycles. The zero-order valence-corrected chi connectivity index (χ0v) is 13.5. The van der Waals surface area contributed by atoms with Crippen molar-refractivity contribution < 1.29 is 9.59 Å². The van der Waals surface area contributed by atoms with Crippen molar-refractivity contribution in [1.29, 1.82) is 0 Å². The molecule has 0 spiro atoms. The number of carbonyl (C=O) groups is 2. The molecule has 0 saturated carbocycles. The maximum atomic E-state index is 11.9. The standard InChI is InChI=1S/C17H25N3O2/c1-11(2)19-16(21)14-6-4-13(5-7-14)8-12(3)20-17(22)15-9-18-10-15/h4-7,11-12,15,18H,8-10H2,1-3H3,(H,19,21)(H,20,22). The van der Waals surface area contributed by atoms with E-state index in [4.69, 9.17) is 0 Å². The van der Waals surface area contributed by atoms with E-state index in [9.17, 15) is 9.59 Å². The zero-order chi connectivity index (χ0) is 16.1. The van der Waals surface area contributed by atoms with Gasteiger partial charge in [0.15, 0.2) is 0 Å². The predicted octanol–water partition coefficient (Wildman–Crippen LogP) is 1.09. The number of hydrogen-bond acceptors (Lipinski definition) is 3. The molecular formula is C17H25N3O2. The Hall–Kier alpha value is -1.88. The molecule has 3 N–H and O–H groups in total. The molecule has 0 radical (unpaired) electrons. The van der Waals surface area contributed by atoms with Gasteiger partial charge >= 0.3 is 0 Å². The highest BCUT2D eigenvalue weighted by molar-refractivity contribution is 5.94. The smallest absolute Gasteiger partial charge is 0.251 e. The Balaban J connectivity index is 1.84. The lowest BCUT2D eigenvalue weighted by molar-refractivity contribution is -0.127. The summed E-state index contributed by atoms with van der Waals surface area (Å²) >= 11 is 0. The third-order valence-corrected chi connectivity index (χ3v) is 3.72. The molecule has 1 unspecified atom stereocenters. The Morgan fingerprint density at radius 2 is 1.77 bits per heavy atom. The largest absolute Gasteiger partial charge is 0.353 e. The molecule has 1 aromatic carbocycles. The third kappa shape index (κ3) is 4.56. The van der Waals surface area contributed by atoms with Gasteiger partial charge in [-0.15, -0.1) is 0 Å². The molecule has 22 heavy (non-hydrogen) atoms. The summed E-state index contributed by atoms with van der Waals surface area (Å²) in [5, 5.41) is 9.00. The Labute approximate surface area is 131 Å². The number of rotatable bonds is 6. The van der Waals surface area contributed by atoms with Crippen LogP contribution in [0.5, 0.6) is 0 Å². The van der Waals surface area contributed by atoms with E-state index in [1.54, 1.807) is 0 Å². The van der Waals surface area contributed by atoms with Crippen LogP contribution >= 0.6 is 0 Å². The van der Waals surface area contributed by atoms with Crippen LogP contribution in [0.2, 0.25) is 0 Å². The van der Waals surface area contributed by atoms with Gasteiger partial charge in [0.1, 0.15) is 0 Å². The fraction of sp³-hybridized carbons (Fsp3) is 0.529. The average molecular weight is 303 g/mol. The van der Waals surface area contributed by atoms with E-state index in [-0.39, 0.29) is 29.8 Å². The SMILES string of the molecule is CC(C)NC(=O)c1ccc(CC(C)NC(=O)C2CNC2)cc1. The van der Waals surface area contributed by atoms with Crippen molar-refractivity contribution in [3.63, 3.8) is 0 Å². The van der Waals surface area contributed by atoms with Gasteiger partial charge in [-0.3, -0.25) is 9.59 Å². The average Bonchev–Trinajstić information content (AvgIpc) is 2.36. The second kappa shape index (κ2) is 7.40. The Morgan fingerprint density at radius 3 is 2.27 bits per heavy atom. The molecule has 2 rings (SSSR count). The maximum absolute atomic E-state index is 11.9. The summed E-state index contributed by atoms with van der Waals surface area (Å²) in [6.07, 6.45) is 0.762. The summed E-state index contributed by atoms with van der Waals surface area (Å²) in [5.74, 6) is 0.184. The van der Waals surface area contributed by atoms with Crippen molar-refractivity contribution in [3.05, 3.63) is 35.4 Å². The van der Waals surface area contributed by atoms with Gasteiger partial charge in [-0.1, -0.05) is 12.1 Å². The number of hydrogen-bond donors (Lipinski definition) is 3. The van der Waals surface area contributed by atoms with Crippen LogP contribution < -0.4 is 16.0 Å². The second-order valence-electron chi connectivity index (χ2n) is 6.29. The first-order valence-electron chi connectivity index (χ1n) is 7.86. The Bertz CT molecular complexity index is 521. The van der Waals surface area contributed by atoms with Gasteiger partial charge in [0, 0.05) is 30.7 Å². The zero-order valence-electron chi connectivity index (χ0n) is 13.5. The highest BCUT2D eigenvalue weighted by atomic mass is 16.2. The molecular weight excluding hydrogens is 278 g/mol. The summed E-state index contributed by atoms with van der Waals surface area (Å²) in [4.78, 5) is 23.7. The van der Waals surface area contributed by atoms with Gasteiger partial charge in [-0.05, 0) is 44.9 Å². The van der Waals surface area contributed by atoms with E-state index < -0.39 is 0 Å². The molecule has 5 heteroatoms. The van der Waals surface area contributed by atoms with E-state index in [1.165, 1.54) is 0 Å². The number of amides is 2. The summed E-state index contributed by atoms with van der Waals surface area (Å²) in [6.45, 7) is 7.43. The normalized spacial score (nSPS) is 16.0. The van der Waals surface area contributed by atoms with Gasteiger partial charge in [0.05, 0.1) is 5.92 Å². The van der Waals surface area contributed by atoms with Crippen molar-refractivity contribution in [3.8, 4) is 0 Å². The van der Waals surface area contributed by atoms with Crippen LogP contribution in [-0.4, -0.2) is 37.0 Å². The van der Waals surface area contributed by atoms with Crippen LogP contribution in [0.4, 0.5) is 0 Å². The summed E-state index contributed by atoms with van der Waals surface area (Å²) < 4.78 is 0. The van der Waals surface area contributed by atoms with E-state index in [0.717, 1.165) is 25.1 Å². The monoisotopic (exact) mass is 303 g/mol. The molecule has 1 heterocycles. The first kappa shape index (κ1) is 16.5. The van der Waals surface area contributed by atoms with Gasteiger partial charge in [-0.25, -0.2) is 0 Å². The van der Waals surface area contributed by atoms with Crippen LogP contribution in [-0.2, 0) is 11.2 Å². The van der Waals surface area contributed by atoms with Crippen LogP contribution in [0.1, 0.15) is 36.7 Å².